The van der Waals surface area contributed by atoms with Crippen LogP contribution in [0.25, 0.3) is 0 Å². The third-order valence-corrected chi connectivity index (χ3v) is 4.13. The molecule has 4 nitrogen and oxygen atoms in total. The van der Waals surface area contributed by atoms with E-state index in [9.17, 15) is 9.59 Å². The van der Waals surface area contributed by atoms with Crippen molar-refractivity contribution in [2.24, 2.45) is 5.92 Å². The van der Waals surface area contributed by atoms with Crippen molar-refractivity contribution in [3.63, 3.8) is 0 Å². The summed E-state index contributed by atoms with van der Waals surface area (Å²) in [6.45, 7) is 9.53. The van der Waals surface area contributed by atoms with E-state index in [1.54, 1.807) is 6.07 Å². The minimum atomic E-state index is -0.460. The molecule has 5 heteroatoms. The monoisotopic (exact) mass is 310 g/mol. The van der Waals surface area contributed by atoms with Crippen molar-refractivity contribution >= 4 is 23.2 Å². The summed E-state index contributed by atoms with van der Waals surface area (Å²) >= 11 is 1.39. The number of amides is 2. The van der Waals surface area contributed by atoms with Gasteiger partial charge < -0.3 is 10.2 Å². The second-order valence-corrected chi connectivity index (χ2v) is 6.45. The number of carbonyl (C=O) groups excluding carboxylic acids is 2. The predicted molar refractivity (Wildman–Crippen MR) is 87.6 cm³/mol. The molecule has 0 aromatic carbocycles. The maximum Gasteiger partial charge on any atom is 0.262 e. The molecule has 1 atom stereocenters. The number of rotatable bonds is 8. The number of hydrogen-bond acceptors (Lipinski definition) is 3. The molecular formula is C16H26N2O2S. The molecule has 0 aliphatic carbocycles. The van der Waals surface area contributed by atoms with E-state index < -0.39 is 6.04 Å². The van der Waals surface area contributed by atoms with Crippen molar-refractivity contribution in [1.29, 1.82) is 0 Å². The van der Waals surface area contributed by atoms with Gasteiger partial charge in [-0.1, -0.05) is 33.8 Å². The molecule has 1 aromatic heterocycles. The van der Waals surface area contributed by atoms with Gasteiger partial charge in [0.05, 0.1) is 4.88 Å². The Morgan fingerprint density at radius 1 is 1.24 bits per heavy atom. The van der Waals surface area contributed by atoms with Crippen molar-refractivity contribution in [2.45, 2.75) is 46.6 Å². The Kier molecular flexibility index (Phi) is 7.43. The Bertz CT molecular complexity index is 437. The summed E-state index contributed by atoms with van der Waals surface area (Å²) in [7, 11) is 0. The minimum Gasteiger partial charge on any atom is -0.341 e. The van der Waals surface area contributed by atoms with Crippen LogP contribution in [-0.2, 0) is 4.79 Å². The first-order chi connectivity index (χ1) is 10.0. The van der Waals surface area contributed by atoms with Crippen LogP contribution >= 0.6 is 11.3 Å². The first-order valence-corrected chi connectivity index (χ1v) is 8.52. The summed E-state index contributed by atoms with van der Waals surface area (Å²) in [6.07, 6.45) is 1.85. The van der Waals surface area contributed by atoms with Gasteiger partial charge >= 0.3 is 0 Å². The van der Waals surface area contributed by atoms with E-state index in [4.69, 9.17) is 0 Å². The fourth-order valence-electron chi connectivity index (χ4n) is 2.20. The minimum absolute atomic E-state index is 0.0265. The molecule has 0 spiro atoms. The maximum absolute atomic E-state index is 12.7. The third kappa shape index (κ3) is 5.16. The molecule has 0 saturated carbocycles. The zero-order valence-corrected chi connectivity index (χ0v) is 14.2. The van der Waals surface area contributed by atoms with Crippen molar-refractivity contribution in [3.05, 3.63) is 22.4 Å². The summed E-state index contributed by atoms with van der Waals surface area (Å²) in [4.78, 5) is 27.4. The lowest BCUT2D eigenvalue weighted by Gasteiger charge is -2.29. The van der Waals surface area contributed by atoms with Crippen LogP contribution in [0.3, 0.4) is 0 Å². The lowest BCUT2D eigenvalue weighted by atomic mass is 10.0. The number of hydrogen-bond donors (Lipinski definition) is 1. The average molecular weight is 310 g/mol. The summed E-state index contributed by atoms with van der Waals surface area (Å²) < 4.78 is 0. The third-order valence-electron chi connectivity index (χ3n) is 3.26. The van der Waals surface area contributed by atoms with Crippen molar-refractivity contribution in [3.8, 4) is 0 Å². The SMILES string of the molecule is CCCN(CCC)C(=O)C(NC(=O)c1cccs1)C(C)C. The quantitative estimate of drug-likeness (QED) is 0.802. The van der Waals surface area contributed by atoms with Gasteiger partial charge in [-0.25, -0.2) is 0 Å². The molecule has 0 fully saturated rings. The molecular weight excluding hydrogens is 284 g/mol. The first-order valence-electron chi connectivity index (χ1n) is 7.64. The van der Waals surface area contributed by atoms with Crippen molar-refractivity contribution < 1.29 is 9.59 Å². The van der Waals surface area contributed by atoms with E-state index in [1.807, 2.05) is 30.2 Å². The van der Waals surface area contributed by atoms with Crippen LogP contribution in [0.15, 0.2) is 17.5 Å². The predicted octanol–water partition coefficient (Wildman–Crippen LogP) is 3.15. The zero-order chi connectivity index (χ0) is 15.8. The van der Waals surface area contributed by atoms with Crippen LogP contribution in [0.5, 0.6) is 0 Å². The standard InChI is InChI=1S/C16H26N2O2S/c1-5-9-18(10-6-2)16(20)14(12(3)4)17-15(19)13-8-7-11-21-13/h7-8,11-12,14H,5-6,9-10H2,1-4H3,(H,17,19). The molecule has 2 amide bonds. The van der Waals surface area contributed by atoms with E-state index in [0.29, 0.717) is 4.88 Å². The van der Waals surface area contributed by atoms with Gasteiger partial charge in [-0.2, -0.15) is 0 Å². The highest BCUT2D eigenvalue weighted by Gasteiger charge is 2.28. The highest BCUT2D eigenvalue weighted by Crippen LogP contribution is 2.12. The molecule has 0 saturated heterocycles. The van der Waals surface area contributed by atoms with Crippen LogP contribution < -0.4 is 5.32 Å². The van der Waals surface area contributed by atoms with Crippen LogP contribution in [0.1, 0.15) is 50.2 Å². The summed E-state index contributed by atoms with van der Waals surface area (Å²) in [5.41, 5.74) is 0. The van der Waals surface area contributed by atoms with Gasteiger partial charge in [-0.05, 0) is 30.2 Å². The van der Waals surface area contributed by atoms with Crippen molar-refractivity contribution in [1.82, 2.24) is 10.2 Å². The average Bonchev–Trinajstić information content (AvgIpc) is 2.97. The molecule has 0 aliphatic rings. The van der Waals surface area contributed by atoms with Crippen LogP contribution in [0.2, 0.25) is 0 Å². The Morgan fingerprint density at radius 2 is 1.86 bits per heavy atom. The lowest BCUT2D eigenvalue weighted by Crippen LogP contribution is -2.51. The van der Waals surface area contributed by atoms with Gasteiger partial charge in [-0.15, -0.1) is 11.3 Å². The van der Waals surface area contributed by atoms with E-state index in [2.05, 4.69) is 19.2 Å². The Labute approximate surface area is 131 Å². The maximum atomic E-state index is 12.7. The van der Waals surface area contributed by atoms with Gasteiger partial charge in [0, 0.05) is 13.1 Å². The fourth-order valence-corrected chi connectivity index (χ4v) is 2.83. The lowest BCUT2D eigenvalue weighted by molar-refractivity contribution is -0.134. The van der Waals surface area contributed by atoms with E-state index in [-0.39, 0.29) is 17.7 Å². The zero-order valence-electron chi connectivity index (χ0n) is 13.4. The van der Waals surface area contributed by atoms with Crippen LogP contribution in [0, 0.1) is 5.92 Å². The Balaban J connectivity index is 2.79. The second kappa shape index (κ2) is 8.82. The smallest absolute Gasteiger partial charge is 0.262 e. The molecule has 0 radical (unpaired) electrons. The molecule has 1 N–H and O–H groups in total. The van der Waals surface area contributed by atoms with Gasteiger partial charge in [0.15, 0.2) is 0 Å². The van der Waals surface area contributed by atoms with Gasteiger partial charge in [0.25, 0.3) is 5.91 Å². The molecule has 118 valence electrons. The van der Waals surface area contributed by atoms with Gasteiger partial charge in [0.1, 0.15) is 6.04 Å². The summed E-state index contributed by atoms with van der Waals surface area (Å²) in [5.74, 6) is -0.0683. The highest BCUT2D eigenvalue weighted by molar-refractivity contribution is 7.12. The molecule has 1 heterocycles. The van der Waals surface area contributed by atoms with Gasteiger partial charge in [0.2, 0.25) is 5.91 Å². The summed E-state index contributed by atoms with van der Waals surface area (Å²) in [5, 5.41) is 4.76. The number of nitrogens with one attached hydrogen (secondary N) is 1. The molecule has 1 aromatic rings. The molecule has 1 unspecified atom stereocenters. The fraction of sp³-hybridized carbons (Fsp3) is 0.625. The first kappa shape index (κ1) is 17.7. The number of thiophene rings is 1. The molecule has 0 bridgehead atoms. The van der Waals surface area contributed by atoms with E-state index in [1.165, 1.54) is 11.3 Å². The molecule has 0 aliphatic heterocycles. The largest absolute Gasteiger partial charge is 0.341 e. The Morgan fingerprint density at radius 3 is 2.29 bits per heavy atom. The topological polar surface area (TPSA) is 49.4 Å². The normalized spacial score (nSPS) is 12.2. The Hall–Kier alpha value is -1.36. The second-order valence-electron chi connectivity index (χ2n) is 5.50. The number of nitrogens with zero attached hydrogens (tertiary/aromatic N) is 1. The van der Waals surface area contributed by atoms with Gasteiger partial charge in [-0.3, -0.25) is 9.59 Å². The highest BCUT2D eigenvalue weighted by atomic mass is 32.1. The molecule has 21 heavy (non-hydrogen) atoms. The molecule has 1 rings (SSSR count). The number of carbonyl (C=O) groups is 2. The van der Waals surface area contributed by atoms with E-state index in [0.717, 1.165) is 25.9 Å². The van der Waals surface area contributed by atoms with Crippen molar-refractivity contribution in [2.75, 3.05) is 13.1 Å². The summed E-state index contributed by atoms with van der Waals surface area (Å²) in [6, 6.07) is 3.15. The van der Waals surface area contributed by atoms with E-state index >= 15 is 0 Å². The van der Waals surface area contributed by atoms with Crippen LogP contribution in [-0.4, -0.2) is 35.8 Å². The van der Waals surface area contributed by atoms with Crippen LogP contribution in [0.4, 0.5) is 0 Å².